The van der Waals surface area contributed by atoms with Crippen molar-refractivity contribution in [2.45, 2.75) is 44.7 Å². The minimum atomic E-state index is -0.771. The van der Waals surface area contributed by atoms with Crippen molar-refractivity contribution in [1.82, 2.24) is 25.4 Å². The Kier molecular flexibility index (Phi) is 13.5. The fourth-order valence-electron chi connectivity index (χ4n) is 4.62. The molecule has 2 amide bonds. The lowest BCUT2D eigenvalue weighted by atomic mass is 9.80. The van der Waals surface area contributed by atoms with Crippen LogP contribution in [-0.4, -0.2) is 89.2 Å². The van der Waals surface area contributed by atoms with Crippen molar-refractivity contribution in [2.75, 3.05) is 41.3 Å². The number of aromatic amines is 1. The van der Waals surface area contributed by atoms with Gasteiger partial charge in [0.2, 0.25) is 17.7 Å². The van der Waals surface area contributed by atoms with E-state index < -0.39 is 22.8 Å². The first kappa shape index (κ1) is 35.6. The molecule has 0 radical (unpaired) electrons. The summed E-state index contributed by atoms with van der Waals surface area (Å²) in [6.45, 7) is 3.05. The summed E-state index contributed by atoms with van der Waals surface area (Å²) in [6.07, 6.45) is 5.25. The van der Waals surface area contributed by atoms with Crippen molar-refractivity contribution in [1.29, 1.82) is 10.8 Å². The first-order chi connectivity index (χ1) is 20.2. The Morgan fingerprint density at radius 1 is 1.23 bits per heavy atom. The van der Waals surface area contributed by atoms with Gasteiger partial charge >= 0.3 is 0 Å². The largest absolute Gasteiger partial charge is 0.503 e. The average Bonchev–Trinajstić information content (AvgIpc) is 2.97. The summed E-state index contributed by atoms with van der Waals surface area (Å²) in [5.41, 5.74) is -0.679. The Morgan fingerprint density at radius 3 is 2.44 bits per heavy atom. The molecule has 1 heterocycles. The Bertz CT molecular complexity index is 1360. The molecule has 0 atom stereocenters. The van der Waals surface area contributed by atoms with E-state index in [-0.39, 0.29) is 50.8 Å². The number of thioether (sulfide) groups is 1. The third-order valence-electron chi connectivity index (χ3n) is 7.42. The van der Waals surface area contributed by atoms with Crippen molar-refractivity contribution in [3.05, 3.63) is 63.1 Å². The third kappa shape index (κ3) is 9.97. The highest BCUT2D eigenvalue weighted by Gasteiger charge is 2.38. The van der Waals surface area contributed by atoms with Crippen LogP contribution in [0.4, 0.5) is 8.78 Å². The number of carbonyl (C=O) groups is 2. The van der Waals surface area contributed by atoms with E-state index in [1.807, 2.05) is 26.0 Å². The molecule has 1 aliphatic rings. The lowest BCUT2D eigenvalue weighted by Crippen LogP contribution is -2.58. The van der Waals surface area contributed by atoms with Crippen LogP contribution >= 0.6 is 11.8 Å². The van der Waals surface area contributed by atoms with Crippen LogP contribution in [0.1, 0.15) is 42.5 Å². The number of benzene rings is 1. The number of carbonyl (C=O) groups excluding carboxylic acids is 2. The molecule has 1 fully saturated rings. The first-order valence-electron chi connectivity index (χ1n) is 13.7. The Balaban J connectivity index is 0.000000304. The molecule has 1 saturated carbocycles. The van der Waals surface area contributed by atoms with Gasteiger partial charge in [0.05, 0.1) is 22.0 Å². The zero-order chi connectivity index (χ0) is 32.3. The van der Waals surface area contributed by atoms with Crippen LogP contribution in [0, 0.1) is 35.3 Å². The van der Waals surface area contributed by atoms with Crippen LogP contribution in [0.3, 0.4) is 0 Å². The number of H-pyrrole nitrogens is 1. The van der Waals surface area contributed by atoms with Gasteiger partial charge in [0.15, 0.2) is 5.75 Å². The topological polar surface area (TPSA) is 165 Å². The zero-order valence-corrected chi connectivity index (χ0v) is 26.0. The smallest absolute Gasteiger partial charge is 0.233 e. The molecular formula is C29H41F2N7O4S. The quantitative estimate of drug-likeness (QED) is 0.103. The van der Waals surface area contributed by atoms with Gasteiger partial charge in [0.1, 0.15) is 16.7 Å². The van der Waals surface area contributed by atoms with E-state index >= 15 is 0 Å². The van der Waals surface area contributed by atoms with Crippen LogP contribution in [0.5, 0.6) is 5.75 Å². The van der Waals surface area contributed by atoms with Gasteiger partial charge in [-0.15, -0.1) is 0 Å². The fraction of sp³-hybridized carbons (Fsp3) is 0.483. The SMILES string of the molecule is CNC1(N(C)C=O)CCC(C(=O)NCCN(C)C)CC1.Cc1[nH]cc(C(=N)SC(=N)Cc2ccc(F)cc2F)c(=O)c1O. The van der Waals surface area contributed by atoms with Gasteiger partial charge in [-0.3, -0.25) is 30.5 Å². The predicted molar refractivity (Wildman–Crippen MR) is 165 cm³/mol. The molecule has 43 heavy (non-hydrogen) atoms. The number of amides is 2. The molecule has 3 rings (SSSR count). The number of likely N-dealkylation sites (N-methyl/N-ethyl adjacent to an activating group) is 1. The van der Waals surface area contributed by atoms with E-state index in [1.54, 1.807) is 11.9 Å². The van der Waals surface area contributed by atoms with Crippen LogP contribution in [-0.2, 0) is 16.0 Å². The maximum absolute atomic E-state index is 13.5. The Morgan fingerprint density at radius 2 is 1.88 bits per heavy atom. The number of nitrogens with zero attached hydrogens (tertiary/aromatic N) is 2. The molecule has 0 spiro atoms. The molecule has 0 unspecified atom stereocenters. The minimum Gasteiger partial charge on any atom is -0.503 e. The molecule has 1 aromatic carbocycles. The molecule has 2 aromatic rings. The maximum Gasteiger partial charge on any atom is 0.233 e. The monoisotopic (exact) mass is 621 g/mol. The number of aromatic hydroxyl groups is 1. The molecule has 0 bridgehead atoms. The zero-order valence-electron chi connectivity index (χ0n) is 25.1. The highest BCUT2D eigenvalue weighted by molar-refractivity contribution is 8.26. The van der Waals surface area contributed by atoms with E-state index in [4.69, 9.17) is 10.8 Å². The number of aromatic nitrogens is 1. The minimum absolute atomic E-state index is 0.0682. The maximum atomic E-state index is 13.5. The van der Waals surface area contributed by atoms with Gasteiger partial charge in [-0.25, -0.2) is 8.78 Å². The van der Waals surface area contributed by atoms with E-state index in [0.717, 1.165) is 50.8 Å². The Hall–Kier alpha value is -3.62. The summed E-state index contributed by atoms with van der Waals surface area (Å²) in [6, 6.07) is 3.04. The van der Waals surface area contributed by atoms with E-state index in [1.165, 1.54) is 19.2 Å². The number of hydrogen-bond donors (Lipinski definition) is 6. The van der Waals surface area contributed by atoms with Crippen molar-refractivity contribution in [2.24, 2.45) is 5.92 Å². The number of pyridine rings is 1. The second-order valence-electron chi connectivity index (χ2n) is 10.6. The van der Waals surface area contributed by atoms with E-state index in [9.17, 15) is 28.3 Å². The van der Waals surface area contributed by atoms with Crippen molar-refractivity contribution < 1.29 is 23.5 Å². The summed E-state index contributed by atoms with van der Waals surface area (Å²) >= 11 is 0.664. The van der Waals surface area contributed by atoms with Crippen LogP contribution < -0.4 is 16.1 Å². The van der Waals surface area contributed by atoms with Gasteiger partial charge in [0.25, 0.3) is 0 Å². The number of halogens is 2. The molecule has 0 saturated heterocycles. The molecule has 14 heteroatoms. The molecule has 236 valence electrons. The predicted octanol–water partition coefficient (Wildman–Crippen LogP) is 2.80. The van der Waals surface area contributed by atoms with Crippen molar-refractivity contribution in [3.8, 4) is 5.75 Å². The molecule has 0 aliphatic heterocycles. The lowest BCUT2D eigenvalue weighted by molar-refractivity contribution is -0.129. The number of nitrogens with one attached hydrogen (secondary N) is 5. The number of aryl methyl sites for hydroxylation is 1. The summed E-state index contributed by atoms with van der Waals surface area (Å²) < 4.78 is 26.4. The third-order valence-corrected chi connectivity index (χ3v) is 8.24. The van der Waals surface area contributed by atoms with Crippen LogP contribution in [0.15, 0.2) is 29.2 Å². The van der Waals surface area contributed by atoms with E-state index in [0.29, 0.717) is 18.3 Å². The van der Waals surface area contributed by atoms with Crippen LogP contribution in [0.25, 0.3) is 0 Å². The van der Waals surface area contributed by atoms with Gasteiger partial charge < -0.3 is 25.2 Å². The number of hydrogen-bond acceptors (Lipinski definition) is 9. The van der Waals surface area contributed by atoms with Gasteiger partial charge in [-0.1, -0.05) is 17.8 Å². The summed E-state index contributed by atoms with van der Waals surface area (Å²) in [5, 5.41) is 31.2. The average molecular weight is 622 g/mol. The van der Waals surface area contributed by atoms with Gasteiger partial charge in [-0.05, 0) is 65.4 Å². The highest BCUT2D eigenvalue weighted by Crippen LogP contribution is 2.33. The Labute approximate surface area is 254 Å². The summed E-state index contributed by atoms with van der Waals surface area (Å²) in [5.74, 6) is -1.75. The van der Waals surface area contributed by atoms with E-state index in [2.05, 4.69) is 15.6 Å². The molecule has 1 aliphatic carbocycles. The molecule has 1 aromatic heterocycles. The van der Waals surface area contributed by atoms with Gasteiger partial charge in [-0.2, -0.15) is 0 Å². The van der Waals surface area contributed by atoms with Crippen molar-refractivity contribution in [3.63, 3.8) is 0 Å². The van der Waals surface area contributed by atoms with Crippen molar-refractivity contribution >= 4 is 34.2 Å². The fourth-order valence-corrected chi connectivity index (χ4v) is 5.35. The van der Waals surface area contributed by atoms with Gasteiger partial charge in [0, 0.05) is 44.7 Å². The normalized spacial score (nSPS) is 17.9. The first-order valence-corrected chi connectivity index (χ1v) is 14.5. The standard InChI is InChI=1S/C15H13F2N3O2S.C14H28N4O2/c1-7-13(21)14(22)10(6-20-7)15(19)23-12(18)4-8-2-3-9(16)5-11(8)17;1-15-14(18(4)11-19)7-5-12(6-8-14)13(20)16-9-10-17(2)3/h2-3,5-6,18-19,21H,4H2,1H3,(H,20,22);11-12,15H,5-10H2,1-4H3,(H,16,20). The highest BCUT2D eigenvalue weighted by atomic mass is 32.2. The molecule has 6 N–H and O–H groups in total. The molecule has 11 nitrogen and oxygen atoms in total. The number of rotatable bonds is 10. The van der Waals surface area contributed by atoms with Crippen LogP contribution in [0.2, 0.25) is 0 Å². The second kappa shape index (κ2) is 16.3. The second-order valence-corrected chi connectivity index (χ2v) is 11.7. The summed E-state index contributed by atoms with van der Waals surface area (Å²) in [4.78, 5) is 41.3. The summed E-state index contributed by atoms with van der Waals surface area (Å²) in [7, 11) is 7.64. The lowest BCUT2D eigenvalue weighted by Gasteiger charge is -2.44. The molecular weight excluding hydrogens is 580 g/mol.